The molecule has 1 amide bonds. The second-order valence-electron chi connectivity index (χ2n) is 4.10. The highest BCUT2D eigenvalue weighted by Gasteiger charge is 2.45. The maximum absolute atomic E-state index is 11.2. The fraction of sp³-hybridized carbons (Fsp3) is 0.909. The van der Waals surface area contributed by atoms with Crippen molar-refractivity contribution in [3.05, 3.63) is 0 Å². The number of carbonyl (C=O) groups is 1. The molecule has 6 nitrogen and oxygen atoms in total. The molecule has 1 aliphatic rings. The van der Waals surface area contributed by atoms with Gasteiger partial charge in [0, 0.05) is 28.3 Å². The van der Waals surface area contributed by atoms with Crippen LogP contribution >= 0.6 is 22.6 Å². The summed E-state index contributed by atoms with van der Waals surface area (Å²) in [6, 6.07) is 0. The number of halogens is 1. The topological polar surface area (TPSA) is 66.0 Å². The van der Waals surface area contributed by atoms with E-state index in [1.807, 2.05) is 0 Å². The van der Waals surface area contributed by atoms with Crippen molar-refractivity contribution in [2.45, 2.75) is 35.4 Å². The van der Waals surface area contributed by atoms with Gasteiger partial charge in [0.2, 0.25) is 5.91 Å². The Bertz CT molecular complexity index is 278. The van der Waals surface area contributed by atoms with Crippen LogP contribution in [0.15, 0.2) is 0 Å². The molecule has 0 bridgehead atoms. The van der Waals surface area contributed by atoms with Crippen molar-refractivity contribution in [1.29, 1.82) is 0 Å². The number of alkyl halides is 1. The SMILES string of the molecule is COC[C@H]1O[C@H](NC(C)=O)[C@@H](I)[C@@H](OC)[C@@H]1OC. The lowest BCUT2D eigenvalue weighted by Gasteiger charge is -2.43. The van der Waals surface area contributed by atoms with Crippen LogP contribution in [-0.2, 0) is 23.7 Å². The van der Waals surface area contributed by atoms with Gasteiger partial charge in [-0.15, -0.1) is 0 Å². The molecule has 1 saturated heterocycles. The zero-order chi connectivity index (χ0) is 13.7. The summed E-state index contributed by atoms with van der Waals surface area (Å²) in [6.45, 7) is 1.85. The largest absolute Gasteiger partial charge is 0.382 e. The molecule has 0 aromatic heterocycles. The smallest absolute Gasteiger partial charge is 0.218 e. The summed E-state index contributed by atoms with van der Waals surface area (Å²) in [5.74, 6) is -0.136. The van der Waals surface area contributed by atoms with E-state index in [9.17, 15) is 4.79 Å². The summed E-state index contributed by atoms with van der Waals surface area (Å²) in [4.78, 5) is 11.2. The molecular formula is C11H20INO5. The molecule has 0 spiro atoms. The quantitative estimate of drug-likeness (QED) is 0.556. The van der Waals surface area contributed by atoms with E-state index < -0.39 is 6.23 Å². The van der Waals surface area contributed by atoms with Gasteiger partial charge in [-0.3, -0.25) is 4.79 Å². The van der Waals surface area contributed by atoms with Crippen molar-refractivity contribution in [2.24, 2.45) is 0 Å². The Morgan fingerprint density at radius 1 is 1.28 bits per heavy atom. The summed E-state index contributed by atoms with van der Waals surface area (Å²) in [5.41, 5.74) is 0. The molecule has 0 saturated carbocycles. The van der Waals surface area contributed by atoms with Crippen LogP contribution in [0, 0.1) is 0 Å². The Hall–Kier alpha value is 0.0400. The second kappa shape index (κ2) is 7.59. The van der Waals surface area contributed by atoms with E-state index in [-0.39, 0.29) is 28.1 Å². The summed E-state index contributed by atoms with van der Waals surface area (Å²) in [7, 11) is 4.84. The van der Waals surface area contributed by atoms with E-state index in [2.05, 4.69) is 27.9 Å². The number of ether oxygens (including phenoxy) is 4. The lowest BCUT2D eigenvalue weighted by Crippen LogP contribution is -2.62. The monoisotopic (exact) mass is 373 g/mol. The Morgan fingerprint density at radius 2 is 1.89 bits per heavy atom. The second-order valence-corrected chi connectivity index (χ2v) is 5.53. The van der Waals surface area contributed by atoms with Gasteiger partial charge < -0.3 is 24.3 Å². The molecule has 106 valence electrons. The van der Waals surface area contributed by atoms with Gasteiger partial charge >= 0.3 is 0 Å². The van der Waals surface area contributed by atoms with Crippen LogP contribution < -0.4 is 5.32 Å². The van der Waals surface area contributed by atoms with E-state index in [1.54, 1.807) is 21.3 Å². The first-order valence-electron chi connectivity index (χ1n) is 5.66. The van der Waals surface area contributed by atoms with Crippen molar-refractivity contribution in [1.82, 2.24) is 5.32 Å². The summed E-state index contributed by atoms with van der Waals surface area (Å²) in [5, 5.41) is 2.77. The Balaban J connectivity index is 2.83. The van der Waals surface area contributed by atoms with Crippen molar-refractivity contribution in [2.75, 3.05) is 27.9 Å². The number of hydrogen-bond acceptors (Lipinski definition) is 5. The highest BCUT2D eigenvalue weighted by atomic mass is 127. The van der Waals surface area contributed by atoms with Gasteiger partial charge in [-0.1, -0.05) is 22.6 Å². The first kappa shape index (κ1) is 16.1. The Kier molecular flexibility index (Phi) is 6.78. The van der Waals surface area contributed by atoms with Crippen molar-refractivity contribution in [3.63, 3.8) is 0 Å². The molecular weight excluding hydrogens is 353 g/mol. The third-order valence-corrected chi connectivity index (χ3v) is 4.20. The van der Waals surface area contributed by atoms with Gasteiger partial charge in [0.1, 0.15) is 24.5 Å². The lowest BCUT2D eigenvalue weighted by molar-refractivity contribution is -0.198. The average Bonchev–Trinajstić information content (AvgIpc) is 2.32. The minimum absolute atomic E-state index is 0.0328. The fourth-order valence-electron chi connectivity index (χ4n) is 2.07. The highest BCUT2D eigenvalue weighted by Crippen LogP contribution is 2.29. The molecule has 0 aliphatic carbocycles. The summed E-state index contributed by atoms with van der Waals surface area (Å²) >= 11 is 2.21. The van der Waals surface area contributed by atoms with Crippen LogP contribution in [0.4, 0.5) is 0 Å². The molecule has 5 atom stereocenters. The molecule has 0 radical (unpaired) electrons. The van der Waals surface area contributed by atoms with Crippen molar-refractivity contribution < 1.29 is 23.7 Å². The Morgan fingerprint density at radius 3 is 2.33 bits per heavy atom. The molecule has 0 aromatic carbocycles. The van der Waals surface area contributed by atoms with E-state index in [0.717, 1.165) is 0 Å². The minimum Gasteiger partial charge on any atom is -0.382 e. The summed E-state index contributed by atoms with van der Waals surface area (Å²) < 4.78 is 21.8. The highest BCUT2D eigenvalue weighted by molar-refractivity contribution is 14.1. The van der Waals surface area contributed by atoms with E-state index in [1.165, 1.54) is 6.92 Å². The van der Waals surface area contributed by atoms with E-state index in [4.69, 9.17) is 18.9 Å². The Labute approximate surface area is 121 Å². The van der Waals surface area contributed by atoms with Gasteiger partial charge in [-0.05, 0) is 0 Å². The third-order valence-electron chi connectivity index (χ3n) is 2.84. The van der Waals surface area contributed by atoms with Crippen LogP contribution in [0.5, 0.6) is 0 Å². The first-order valence-corrected chi connectivity index (χ1v) is 6.90. The predicted molar refractivity (Wildman–Crippen MR) is 73.8 cm³/mol. The van der Waals surface area contributed by atoms with Crippen molar-refractivity contribution in [3.8, 4) is 0 Å². The molecule has 0 aromatic rings. The van der Waals surface area contributed by atoms with Crippen LogP contribution in [-0.4, -0.2) is 62.3 Å². The van der Waals surface area contributed by atoms with Crippen LogP contribution in [0.3, 0.4) is 0 Å². The van der Waals surface area contributed by atoms with Gasteiger partial charge in [0.15, 0.2) is 0 Å². The van der Waals surface area contributed by atoms with Crippen LogP contribution in [0.2, 0.25) is 0 Å². The molecule has 1 heterocycles. The molecule has 1 rings (SSSR count). The number of methoxy groups -OCH3 is 3. The molecule has 1 aliphatic heterocycles. The van der Waals surface area contributed by atoms with Crippen LogP contribution in [0.25, 0.3) is 0 Å². The first-order chi connectivity index (χ1) is 8.54. The number of carbonyl (C=O) groups excluding carboxylic acids is 1. The van der Waals surface area contributed by atoms with E-state index in [0.29, 0.717) is 6.61 Å². The van der Waals surface area contributed by atoms with Gasteiger partial charge in [-0.2, -0.15) is 0 Å². The predicted octanol–water partition coefficient (Wildman–Crippen LogP) is 0.327. The van der Waals surface area contributed by atoms with Crippen LogP contribution in [0.1, 0.15) is 6.92 Å². The maximum atomic E-state index is 11.2. The molecule has 7 heteroatoms. The number of hydrogen-bond donors (Lipinski definition) is 1. The van der Waals surface area contributed by atoms with Gasteiger partial charge in [0.05, 0.1) is 10.5 Å². The lowest BCUT2D eigenvalue weighted by atomic mass is 10.0. The third kappa shape index (κ3) is 3.77. The standard InChI is InChI=1S/C11H20INO5/c1-6(14)13-11-8(12)10(17-4)9(16-3)7(18-11)5-15-2/h7-11H,5H2,1-4H3,(H,13,14)/t7-,8+,9-,10-,11+/m1/s1. The average molecular weight is 373 g/mol. The molecule has 0 unspecified atom stereocenters. The number of nitrogens with one attached hydrogen (secondary N) is 1. The van der Waals surface area contributed by atoms with E-state index >= 15 is 0 Å². The van der Waals surface area contributed by atoms with Gasteiger partial charge in [0.25, 0.3) is 0 Å². The number of amides is 1. The maximum Gasteiger partial charge on any atom is 0.218 e. The normalized spacial score (nSPS) is 36.4. The van der Waals surface area contributed by atoms with Crippen molar-refractivity contribution >= 4 is 28.5 Å². The number of rotatable bonds is 5. The zero-order valence-corrected chi connectivity index (χ0v) is 13.2. The molecule has 18 heavy (non-hydrogen) atoms. The molecule has 1 fully saturated rings. The zero-order valence-electron chi connectivity index (χ0n) is 11.0. The fourth-order valence-corrected chi connectivity index (χ4v) is 3.12. The molecule has 1 N–H and O–H groups in total. The van der Waals surface area contributed by atoms with Gasteiger partial charge in [-0.25, -0.2) is 0 Å². The minimum atomic E-state index is -0.403. The summed E-state index contributed by atoms with van der Waals surface area (Å²) in [6.07, 6.45) is -1.06.